The van der Waals surface area contributed by atoms with Crippen LogP contribution in [-0.4, -0.2) is 9.99 Å². The molecule has 1 aliphatic heterocycles. The van der Waals surface area contributed by atoms with Crippen LogP contribution in [0.1, 0.15) is 17.2 Å². The summed E-state index contributed by atoms with van der Waals surface area (Å²) in [4.78, 5) is 12.4. The van der Waals surface area contributed by atoms with E-state index in [9.17, 15) is 17.8 Å². The highest BCUT2D eigenvalue weighted by molar-refractivity contribution is 7.79. The summed E-state index contributed by atoms with van der Waals surface area (Å²) in [5.41, 5.74) is 5.98. The predicted octanol–water partition coefficient (Wildman–Crippen LogP) is 3.27. The molecule has 0 aromatic heterocycles. The molecule has 0 saturated heterocycles. The van der Waals surface area contributed by atoms with Crippen LogP contribution in [0.25, 0.3) is 0 Å². The molecule has 2 aromatic carbocycles. The maximum absolute atomic E-state index is 13.6. The minimum absolute atomic E-state index is 0.150. The summed E-state index contributed by atoms with van der Waals surface area (Å²) in [7, 11) is 0. The number of benzene rings is 2. The molecular formula is C17H12ClF2NO4S. The van der Waals surface area contributed by atoms with E-state index < -0.39 is 46.1 Å². The van der Waals surface area contributed by atoms with Crippen LogP contribution in [0.4, 0.5) is 8.78 Å². The molecule has 26 heavy (non-hydrogen) atoms. The van der Waals surface area contributed by atoms with Gasteiger partial charge in [0.15, 0.2) is 6.10 Å². The third-order valence-corrected chi connectivity index (χ3v) is 4.71. The molecule has 0 fully saturated rings. The fraction of sp³-hybridized carbons (Fsp3) is 0.118. The molecule has 0 bridgehead atoms. The van der Waals surface area contributed by atoms with Crippen molar-refractivity contribution in [1.82, 2.24) is 0 Å². The predicted molar refractivity (Wildman–Crippen MR) is 90.8 cm³/mol. The van der Waals surface area contributed by atoms with Gasteiger partial charge >= 0.3 is 0 Å². The molecule has 0 aliphatic carbocycles. The van der Waals surface area contributed by atoms with E-state index in [1.54, 1.807) is 24.3 Å². The van der Waals surface area contributed by atoms with Crippen molar-refractivity contribution in [1.29, 1.82) is 0 Å². The fourth-order valence-electron chi connectivity index (χ4n) is 2.32. The van der Waals surface area contributed by atoms with Gasteiger partial charge in [0.2, 0.25) is 28.5 Å². The summed E-state index contributed by atoms with van der Waals surface area (Å²) in [6, 6.07) is 9.07. The monoisotopic (exact) mass is 399 g/mol. The molecule has 2 atom stereocenters. The maximum atomic E-state index is 13.6. The number of carbonyl (C=O) groups is 1. The van der Waals surface area contributed by atoms with Crippen molar-refractivity contribution < 1.29 is 26.7 Å². The smallest absolute Gasteiger partial charge is 0.249 e. The van der Waals surface area contributed by atoms with Crippen LogP contribution in [0.2, 0.25) is 5.02 Å². The lowest BCUT2D eigenvalue weighted by atomic mass is 10.1. The van der Waals surface area contributed by atoms with E-state index in [0.717, 1.165) is 18.2 Å². The highest BCUT2D eigenvalue weighted by Crippen LogP contribution is 2.32. The third kappa shape index (κ3) is 3.86. The molecule has 2 aromatic rings. The molecule has 0 saturated carbocycles. The number of ether oxygens (including phenoxy) is 1. The highest BCUT2D eigenvalue weighted by atomic mass is 35.5. The lowest BCUT2D eigenvalue weighted by Crippen LogP contribution is -2.13. The van der Waals surface area contributed by atoms with Crippen molar-refractivity contribution in [2.24, 2.45) is 5.73 Å². The Morgan fingerprint density at radius 3 is 2.58 bits per heavy atom. The molecule has 2 unspecified atom stereocenters. The molecule has 0 spiro atoms. The Hall–Kier alpha value is -2.45. The molecular weight excluding hydrogens is 388 g/mol. The van der Waals surface area contributed by atoms with Gasteiger partial charge in [-0.2, -0.15) is 0 Å². The van der Waals surface area contributed by atoms with Crippen molar-refractivity contribution in [3.63, 3.8) is 0 Å². The number of hydrogen-bond acceptors (Lipinski definition) is 5. The Bertz CT molecular complexity index is 917. The Kier molecular flexibility index (Phi) is 5.24. The summed E-state index contributed by atoms with van der Waals surface area (Å²) in [6.07, 6.45) is -1.05. The van der Waals surface area contributed by atoms with Gasteiger partial charge in [0.1, 0.15) is 11.6 Å². The van der Waals surface area contributed by atoms with Gasteiger partial charge in [-0.05, 0) is 30.3 Å². The van der Waals surface area contributed by atoms with Crippen molar-refractivity contribution in [2.45, 2.75) is 11.9 Å². The van der Waals surface area contributed by atoms with E-state index >= 15 is 0 Å². The van der Waals surface area contributed by atoms with Crippen molar-refractivity contribution in [3.05, 3.63) is 81.9 Å². The molecule has 0 amide bonds. The number of rotatable bonds is 5. The Morgan fingerprint density at radius 1 is 1.19 bits per heavy atom. The quantitative estimate of drug-likeness (QED) is 0.834. The number of halogens is 3. The molecule has 2 N–H and O–H groups in total. The van der Waals surface area contributed by atoms with Crippen LogP contribution >= 0.6 is 11.6 Å². The van der Waals surface area contributed by atoms with Crippen molar-refractivity contribution in [3.8, 4) is 0 Å². The van der Waals surface area contributed by atoms with Crippen LogP contribution in [0.15, 0.2) is 54.1 Å². The highest BCUT2D eigenvalue weighted by Gasteiger charge is 2.38. The zero-order valence-electron chi connectivity index (χ0n) is 13.1. The largest absolute Gasteiger partial charge is 0.460 e. The van der Waals surface area contributed by atoms with Crippen LogP contribution in [0.3, 0.4) is 0 Å². The van der Waals surface area contributed by atoms with Gasteiger partial charge in [-0.1, -0.05) is 23.7 Å². The third-order valence-electron chi connectivity index (χ3n) is 3.56. The first-order valence-corrected chi connectivity index (χ1v) is 8.94. The second kappa shape index (κ2) is 7.43. The van der Waals surface area contributed by atoms with E-state index in [4.69, 9.17) is 26.3 Å². The minimum atomic E-state index is -2.16. The first-order chi connectivity index (χ1) is 12.3. The Labute approximate surface area is 155 Å². The number of nitrogens with two attached hydrogens (primary N) is 1. The van der Waals surface area contributed by atoms with E-state index in [2.05, 4.69) is 0 Å². The standard InChI is InChI=1S/C17H12ClF2NO4S/c18-11-3-1-9(2-4-11)15-14(22)16(17(21)24-15)25-26(23)8-10-7-12(19)5-6-13(10)20/h1-7,15H,8,21H2. The zero-order valence-corrected chi connectivity index (χ0v) is 14.7. The van der Waals surface area contributed by atoms with Crippen LogP contribution in [0.5, 0.6) is 0 Å². The molecule has 136 valence electrons. The van der Waals surface area contributed by atoms with E-state index in [1.165, 1.54) is 0 Å². The van der Waals surface area contributed by atoms with Gasteiger partial charge < -0.3 is 14.7 Å². The lowest BCUT2D eigenvalue weighted by molar-refractivity contribution is -0.123. The fourth-order valence-corrected chi connectivity index (χ4v) is 3.33. The SMILES string of the molecule is NC1=C(OS(=O)Cc2cc(F)ccc2F)C(=O)C(c2ccc(Cl)cc2)O1. The molecule has 9 heteroatoms. The van der Waals surface area contributed by atoms with Gasteiger partial charge in [-0.15, -0.1) is 0 Å². The summed E-state index contributed by atoms with van der Waals surface area (Å²) in [5, 5.41) is 0.481. The topological polar surface area (TPSA) is 78.6 Å². The van der Waals surface area contributed by atoms with Gasteiger partial charge in [0.25, 0.3) is 0 Å². The normalized spacial score (nSPS) is 18.0. The number of Topliss-reactive ketones (excluding diaryl/α,β-unsaturated/α-hetero) is 1. The Morgan fingerprint density at radius 2 is 1.88 bits per heavy atom. The minimum Gasteiger partial charge on any atom is -0.460 e. The summed E-state index contributed by atoms with van der Waals surface area (Å²) >= 11 is 3.64. The number of hydrogen-bond donors (Lipinski definition) is 1. The van der Waals surface area contributed by atoms with E-state index in [0.29, 0.717) is 10.6 Å². The van der Waals surface area contributed by atoms with Gasteiger partial charge in [0.05, 0.1) is 5.75 Å². The first-order valence-electron chi connectivity index (χ1n) is 7.32. The summed E-state index contributed by atoms with van der Waals surface area (Å²) in [5.74, 6) is -3.25. The zero-order chi connectivity index (χ0) is 18.8. The lowest BCUT2D eigenvalue weighted by Gasteiger charge is -2.09. The van der Waals surface area contributed by atoms with Crippen molar-refractivity contribution >= 4 is 28.5 Å². The molecule has 5 nitrogen and oxygen atoms in total. The molecule has 0 radical (unpaired) electrons. The van der Waals surface area contributed by atoms with Crippen LogP contribution in [0, 0.1) is 11.6 Å². The second-order valence-corrected chi connectivity index (χ2v) is 6.87. The Balaban J connectivity index is 1.72. The van der Waals surface area contributed by atoms with Crippen molar-refractivity contribution in [2.75, 3.05) is 0 Å². The summed E-state index contributed by atoms with van der Waals surface area (Å²) in [6.45, 7) is 0. The first kappa shape index (κ1) is 18.3. The number of carbonyl (C=O) groups excluding carboxylic acids is 1. The van der Waals surface area contributed by atoms with Gasteiger partial charge in [0, 0.05) is 16.1 Å². The average molecular weight is 400 g/mol. The molecule has 3 rings (SSSR count). The second-order valence-electron chi connectivity index (χ2n) is 5.37. The molecule has 1 aliphatic rings. The number of ketones is 1. The van der Waals surface area contributed by atoms with Crippen LogP contribution < -0.4 is 5.73 Å². The van der Waals surface area contributed by atoms with Gasteiger partial charge in [-0.25, -0.2) is 13.0 Å². The van der Waals surface area contributed by atoms with Gasteiger partial charge in [-0.3, -0.25) is 4.79 Å². The van der Waals surface area contributed by atoms with Crippen LogP contribution in [-0.2, 0) is 30.5 Å². The molecule has 1 heterocycles. The summed E-state index contributed by atoms with van der Waals surface area (Å²) < 4.78 is 49.2. The maximum Gasteiger partial charge on any atom is 0.249 e. The van der Waals surface area contributed by atoms with E-state index in [1.807, 2.05) is 0 Å². The average Bonchev–Trinajstić information content (AvgIpc) is 2.87. The van der Waals surface area contributed by atoms with E-state index in [-0.39, 0.29) is 11.4 Å².